The number of aliphatic hydroxyl groups is 1. The largest absolute Gasteiger partial charge is 0.480 e. The smallest absolute Gasteiger partial charge is 0.326 e. The number of likely N-dealkylation sites (tertiary alicyclic amines) is 1. The Kier molecular flexibility index (Phi) is 6.04. The molecule has 0 aliphatic carbocycles. The molecule has 1 heterocycles. The number of likely N-dealkylation sites (N-methyl/N-ethyl adjacent to an activating group) is 2. The Morgan fingerprint density at radius 2 is 2.21 bits per heavy atom. The highest BCUT2D eigenvalue weighted by molar-refractivity contribution is 5.82. The van der Waals surface area contributed by atoms with E-state index in [9.17, 15) is 9.59 Å². The number of carbonyl (C=O) groups excluding carboxylic acids is 1. The Hall–Kier alpha value is -1.34. The second-order valence-electron chi connectivity index (χ2n) is 5.02. The maximum Gasteiger partial charge on any atom is 0.326 e. The monoisotopic (exact) mass is 273 g/mol. The van der Waals surface area contributed by atoms with Gasteiger partial charge in [0.25, 0.3) is 0 Å². The first-order chi connectivity index (χ1) is 8.95. The molecule has 7 nitrogen and oxygen atoms in total. The number of carbonyl (C=O) groups is 2. The predicted molar refractivity (Wildman–Crippen MR) is 69.9 cm³/mol. The average molecular weight is 273 g/mol. The molecule has 0 bridgehead atoms. The van der Waals surface area contributed by atoms with Gasteiger partial charge in [0, 0.05) is 32.7 Å². The zero-order chi connectivity index (χ0) is 14.4. The Balaban J connectivity index is 2.53. The molecule has 0 aromatic heterocycles. The molecule has 2 amide bonds. The molecule has 110 valence electrons. The molecule has 1 saturated heterocycles. The van der Waals surface area contributed by atoms with Crippen molar-refractivity contribution in [2.24, 2.45) is 0 Å². The van der Waals surface area contributed by atoms with Gasteiger partial charge in [-0.2, -0.15) is 0 Å². The fourth-order valence-corrected chi connectivity index (χ4v) is 2.26. The van der Waals surface area contributed by atoms with Crippen molar-refractivity contribution >= 4 is 12.0 Å². The summed E-state index contributed by atoms with van der Waals surface area (Å²) in [6.45, 7) is 1.54. The fourth-order valence-electron chi connectivity index (χ4n) is 2.26. The number of aliphatic carboxylic acids is 1. The first kappa shape index (κ1) is 15.7. The molecule has 0 saturated carbocycles. The third-order valence-corrected chi connectivity index (χ3v) is 3.48. The highest BCUT2D eigenvalue weighted by Crippen LogP contribution is 2.13. The van der Waals surface area contributed by atoms with E-state index < -0.39 is 18.0 Å². The zero-order valence-electron chi connectivity index (χ0n) is 11.5. The summed E-state index contributed by atoms with van der Waals surface area (Å²) in [6, 6.07) is -1.34. The van der Waals surface area contributed by atoms with Gasteiger partial charge in [-0.05, 0) is 26.4 Å². The predicted octanol–water partition coefficient (Wildman–Crippen LogP) is -0.442. The molecule has 1 aliphatic heterocycles. The number of urea groups is 1. The summed E-state index contributed by atoms with van der Waals surface area (Å²) < 4.78 is 0. The van der Waals surface area contributed by atoms with Crippen LogP contribution in [0.4, 0.5) is 4.79 Å². The van der Waals surface area contributed by atoms with Gasteiger partial charge in [-0.25, -0.2) is 9.59 Å². The minimum Gasteiger partial charge on any atom is -0.480 e. The third kappa shape index (κ3) is 4.68. The molecule has 0 aromatic rings. The summed E-state index contributed by atoms with van der Waals surface area (Å²) in [7, 11) is 3.68. The lowest BCUT2D eigenvalue weighted by Crippen LogP contribution is -2.53. The number of carboxylic acids is 1. The van der Waals surface area contributed by atoms with E-state index in [-0.39, 0.29) is 19.1 Å². The first-order valence-corrected chi connectivity index (χ1v) is 6.51. The minimum absolute atomic E-state index is 0.0134. The quantitative estimate of drug-likeness (QED) is 0.631. The van der Waals surface area contributed by atoms with Crippen LogP contribution in [0, 0.1) is 0 Å². The molecule has 0 spiro atoms. The number of hydrogen-bond donors (Lipinski definition) is 3. The van der Waals surface area contributed by atoms with Gasteiger partial charge in [0.15, 0.2) is 0 Å². The second-order valence-corrected chi connectivity index (χ2v) is 5.02. The summed E-state index contributed by atoms with van der Waals surface area (Å²) in [4.78, 5) is 26.6. The van der Waals surface area contributed by atoms with Gasteiger partial charge >= 0.3 is 12.0 Å². The standard InChI is InChI=1S/C12H23N3O4/c1-14-6-3-4-9(8-14)15(2)12(19)13-10(5-7-16)11(17)18/h9-10,16H,3-8H2,1-2H3,(H,13,19)(H,17,18)/t9?,10-/m0/s1. The fraction of sp³-hybridized carbons (Fsp3) is 0.833. The molecule has 1 aliphatic rings. The van der Waals surface area contributed by atoms with Gasteiger partial charge in [-0.1, -0.05) is 0 Å². The highest BCUT2D eigenvalue weighted by Gasteiger charge is 2.27. The van der Waals surface area contributed by atoms with Gasteiger partial charge < -0.3 is 25.3 Å². The summed E-state index contributed by atoms with van der Waals surface area (Å²) in [5, 5.41) is 20.2. The molecule has 3 N–H and O–H groups in total. The number of amides is 2. The van der Waals surface area contributed by atoms with Gasteiger partial charge in [0.05, 0.1) is 0 Å². The van der Waals surface area contributed by atoms with Crippen molar-refractivity contribution in [3.05, 3.63) is 0 Å². The van der Waals surface area contributed by atoms with E-state index in [0.29, 0.717) is 0 Å². The van der Waals surface area contributed by atoms with Crippen LogP contribution in [0.2, 0.25) is 0 Å². The topological polar surface area (TPSA) is 93.1 Å². The lowest BCUT2D eigenvalue weighted by atomic mass is 10.1. The van der Waals surface area contributed by atoms with E-state index in [2.05, 4.69) is 10.2 Å². The molecule has 2 atom stereocenters. The van der Waals surface area contributed by atoms with Crippen LogP contribution in [0.5, 0.6) is 0 Å². The highest BCUT2D eigenvalue weighted by atomic mass is 16.4. The molecule has 7 heteroatoms. The number of aliphatic hydroxyl groups excluding tert-OH is 1. The summed E-state index contributed by atoms with van der Waals surface area (Å²) in [6.07, 6.45) is 1.96. The number of piperidine rings is 1. The van der Waals surface area contributed by atoms with Gasteiger partial charge in [-0.3, -0.25) is 0 Å². The van der Waals surface area contributed by atoms with Crippen LogP contribution in [0.3, 0.4) is 0 Å². The van der Waals surface area contributed by atoms with Crippen LogP contribution >= 0.6 is 0 Å². The lowest BCUT2D eigenvalue weighted by molar-refractivity contribution is -0.139. The maximum atomic E-state index is 12.0. The Morgan fingerprint density at radius 3 is 2.74 bits per heavy atom. The van der Waals surface area contributed by atoms with Gasteiger partial charge in [0.2, 0.25) is 0 Å². The Morgan fingerprint density at radius 1 is 1.53 bits per heavy atom. The molecule has 1 rings (SSSR count). The summed E-state index contributed by atoms with van der Waals surface area (Å²) in [5.74, 6) is -1.13. The van der Waals surface area contributed by atoms with Crippen molar-refractivity contribution in [2.75, 3.05) is 33.8 Å². The summed E-state index contributed by atoms with van der Waals surface area (Å²) in [5.41, 5.74) is 0. The number of carboxylic acid groups (broad SMARTS) is 1. The number of hydrogen-bond acceptors (Lipinski definition) is 4. The molecule has 1 fully saturated rings. The SMILES string of the molecule is CN1CCCC(N(C)C(=O)N[C@@H](CCO)C(=O)O)C1. The second kappa shape index (κ2) is 7.30. The van der Waals surface area contributed by atoms with Gasteiger partial charge in [-0.15, -0.1) is 0 Å². The normalized spacial score (nSPS) is 21.7. The van der Waals surface area contributed by atoms with Crippen molar-refractivity contribution in [1.82, 2.24) is 15.1 Å². The van der Waals surface area contributed by atoms with Crippen molar-refractivity contribution in [3.63, 3.8) is 0 Å². The van der Waals surface area contributed by atoms with Gasteiger partial charge in [0.1, 0.15) is 6.04 Å². The maximum absolute atomic E-state index is 12.0. The molecule has 19 heavy (non-hydrogen) atoms. The molecular formula is C12H23N3O4. The van der Waals surface area contributed by atoms with Crippen LogP contribution in [0.15, 0.2) is 0 Å². The van der Waals surface area contributed by atoms with E-state index in [1.54, 1.807) is 11.9 Å². The molecule has 1 unspecified atom stereocenters. The van der Waals surface area contributed by atoms with Crippen molar-refractivity contribution in [3.8, 4) is 0 Å². The number of nitrogens with zero attached hydrogens (tertiary/aromatic N) is 2. The van der Waals surface area contributed by atoms with Crippen LogP contribution in [-0.4, -0.2) is 77.9 Å². The van der Waals surface area contributed by atoms with E-state index >= 15 is 0 Å². The Labute approximate surface area is 113 Å². The zero-order valence-corrected chi connectivity index (χ0v) is 11.5. The van der Waals surface area contributed by atoms with E-state index in [4.69, 9.17) is 10.2 Å². The van der Waals surface area contributed by atoms with Crippen molar-refractivity contribution in [2.45, 2.75) is 31.3 Å². The summed E-state index contributed by atoms with van der Waals surface area (Å²) >= 11 is 0. The van der Waals surface area contributed by atoms with Crippen molar-refractivity contribution in [1.29, 1.82) is 0 Å². The van der Waals surface area contributed by atoms with Crippen LogP contribution < -0.4 is 5.32 Å². The van der Waals surface area contributed by atoms with E-state index in [1.165, 1.54) is 0 Å². The molecule has 0 aromatic carbocycles. The Bertz CT molecular complexity index is 324. The van der Waals surface area contributed by atoms with E-state index in [1.807, 2.05) is 7.05 Å². The number of rotatable bonds is 5. The van der Waals surface area contributed by atoms with Crippen LogP contribution in [-0.2, 0) is 4.79 Å². The van der Waals surface area contributed by atoms with E-state index in [0.717, 1.165) is 25.9 Å². The van der Waals surface area contributed by atoms with Crippen molar-refractivity contribution < 1.29 is 19.8 Å². The third-order valence-electron chi connectivity index (χ3n) is 3.48. The minimum atomic E-state index is -1.13. The number of nitrogens with one attached hydrogen (secondary N) is 1. The molecular weight excluding hydrogens is 250 g/mol. The van der Waals surface area contributed by atoms with Crippen LogP contribution in [0.1, 0.15) is 19.3 Å². The average Bonchev–Trinajstić information content (AvgIpc) is 2.37. The first-order valence-electron chi connectivity index (χ1n) is 6.51. The molecule has 0 radical (unpaired) electrons. The van der Waals surface area contributed by atoms with Crippen LogP contribution in [0.25, 0.3) is 0 Å². The lowest BCUT2D eigenvalue weighted by Gasteiger charge is -2.36.